The topological polar surface area (TPSA) is 106 Å². The summed E-state index contributed by atoms with van der Waals surface area (Å²) in [6.45, 7) is 3.84. The predicted molar refractivity (Wildman–Crippen MR) is 131 cm³/mol. The number of nitrogens with zero attached hydrogens (tertiary/aromatic N) is 1. The molecule has 1 unspecified atom stereocenters. The number of unbranched alkanes of at least 4 members (excludes halogenated alkanes) is 1. The number of nitrogens with one attached hydrogen (secondary N) is 2. The Morgan fingerprint density at radius 2 is 1.69 bits per heavy atom. The zero-order valence-electron chi connectivity index (χ0n) is 20.0. The van der Waals surface area contributed by atoms with Gasteiger partial charge in [-0.25, -0.2) is 0 Å². The lowest BCUT2D eigenvalue weighted by Gasteiger charge is -2.34. The van der Waals surface area contributed by atoms with E-state index >= 15 is 0 Å². The van der Waals surface area contributed by atoms with E-state index in [2.05, 4.69) is 10.6 Å². The summed E-state index contributed by atoms with van der Waals surface area (Å²) in [6, 6.07) is 15.9. The number of piperazine rings is 1. The molecule has 0 aliphatic carbocycles. The molecule has 2 amide bonds. The Kier molecular flexibility index (Phi) is 10.2. The first-order valence-corrected chi connectivity index (χ1v) is 11.9. The van der Waals surface area contributed by atoms with E-state index in [0.29, 0.717) is 38.7 Å². The lowest BCUT2D eigenvalue weighted by atomic mass is 10.1. The van der Waals surface area contributed by atoms with Crippen molar-refractivity contribution in [2.75, 3.05) is 44.8 Å². The Labute approximate surface area is 205 Å². The molecule has 1 atom stereocenters. The van der Waals surface area contributed by atoms with Crippen molar-refractivity contribution in [1.82, 2.24) is 10.2 Å². The predicted octanol–water partition coefficient (Wildman–Crippen LogP) is 2.62. The molecule has 0 radical (unpaired) electrons. The molecule has 2 aromatic carbocycles. The number of hydrogen-bond donors (Lipinski definition) is 2. The van der Waals surface area contributed by atoms with Gasteiger partial charge in [-0.1, -0.05) is 31.5 Å². The molecule has 1 heterocycles. The van der Waals surface area contributed by atoms with Crippen molar-refractivity contribution >= 4 is 23.5 Å². The van der Waals surface area contributed by atoms with Crippen LogP contribution in [0.15, 0.2) is 54.6 Å². The summed E-state index contributed by atoms with van der Waals surface area (Å²) in [5.41, 5.74) is 0.739. The van der Waals surface area contributed by atoms with Crippen LogP contribution in [0.1, 0.15) is 26.2 Å². The second kappa shape index (κ2) is 13.8. The van der Waals surface area contributed by atoms with Gasteiger partial charge < -0.3 is 29.7 Å². The number of rotatable bonds is 13. The molecule has 0 saturated carbocycles. The molecular weight excluding hydrogens is 450 g/mol. The number of esters is 1. The van der Waals surface area contributed by atoms with E-state index in [-0.39, 0.29) is 24.8 Å². The molecule has 0 spiro atoms. The zero-order chi connectivity index (χ0) is 24.9. The SMILES string of the molecule is CCCCOC(=O)CC1C(=O)NCCN1C(=O)CNc1ccc(OCCOc2ccccc2)cc1. The monoisotopic (exact) mass is 483 g/mol. The van der Waals surface area contributed by atoms with Gasteiger partial charge in [0, 0.05) is 18.8 Å². The van der Waals surface area contributed by atoms with Crippen molar-refractivity contribution in [1.29, 1.82) is 0 Å². The second-order valence-corrected chi connectivity index (χ2v) is 8.06. The minimum atomic E-state index is -0.860. The summed E-state index contributed by atoms with van der Waals surface area (Å²) >= 11 is 0. The summed E-state index contributed by atoms with van der Waals surface area (Å²) in [4.78, 5) is 38.7. The number of carbonyl (C=O) groups excluding carboxylic acids is 3. The van der Waals surface area contributed by atoms with Gasteiger partial charge in [-0.15, -0.1) is 0 Å². The highest BCUT2D eigenvalue weighted by Gasteiger charge is 2.34. The molecule has 1 saturated heterocycles. The first kappa shape index (κ1) is 25.9. The third-order valence-electron chi connectivity index (χ3n) is 5.43. The minimum absolute atomic E-state index is 0.000216. The van der Waals surface area contributed by atoms with Crippen molar-refractivity contribution in [2.45, 2.75) is 32.2 Å². The van der Waals surface area contributed by atoms with Gasteiger partial charge in [0.05, 0.1) is 19.6 Å². The first-order valence-electron chi connectivity index (χ1n) is 11.9. The van der Waals surface area contributed by atoms with Gasteiger partial charge in [-0.2, -0.15) is 0 Å². The van der Waals surface area contributed by atoms with Gasteiger partial charge in [0.15, 0.2) is 0 Å². The van der Waals surface area contributed by atoms with E-state index in [1.165, 1.54) is 4.90 Å². The number of hydrogen-bond acceptors (Lipinski definition) is 7. The van der Waals surface area contributed by atoms with Crippen LogP contribution < -0.4 is 20.1 Å². The average Bonchev–Trinajstić information content (AvgIpc) is 2.88. The number of para-hydroxylation sites is 1. The third kappa shape index (κ3) is 8.51. The van der Waals surface area contributed by atoms with Gasteiger partial charge in [-0.3, -0.25) is 14.4 Å². The maximum absolute atomic E-state index is 12.8. The fraction of sp³-hybridized carbons (Fsp3) is 0.423. The lowest BCUT2D eigenvalue weighted by molar-refractivity contribution is -0.151. The Morgan fingerprint density at radius 1 is 1.00 bits per heavy atom. The molecule has 9 nitrogen and oxygen atoms in total. The van der Waals surface area contributed by atoms with Gasteiger partial charge >= 0.3 is 5.97 Å². The Hall–Kier alpha value is -3.75. The molecule has 1 aliphatic heterocycles. The van der Waals surface area contributed by atoms with E-state index in [1.54, 1.807) is 12.1 Å². The van der Waals surface area contributed by atoms with E-state index in [9.17, 15) is 14.4 Å². The molecule has 1 aliphatic rings. The molecule has 2 aromatic rings. The molecule has 35 heavy (non-hydrogen) atoms. The maximum Gasteiger partial charge on any atom is 0.308 e. The fourth-order valence-corrected chi connectivity index (χ4v) is 3.55. The van der Waals surface area contributed by atoms with Crippen molar-refractivity contribution in [3.05, 3.63) is 54.6 Å². The van der Waals surface area contributed by atoms with E-state index in [0.717, 1.165) is 24.3 Å². The largest absolute Gasteiger partial charge is 0.490 e. The second-order valence-electron chi connectivity index (χ2n) is 8.06. The van der Waals surface area contributed by atoms with Gasteiger partial charge in [-0.05, 0) is 42.8 Å². The van der Waals surface area contributed by atoms with Crippen molar-refractivity contribution in [3.63, 3.8) is 0 Å². The number of benzene rings is 2. The summed E-state index contributed by atoms with van der Waals surface area (Å²) in [5, 5.41) is 5.78. The summed E-state index contributed by atoms with van der Waals surface area (Å²) in [5.74, 6) is 0.408. The van der Waals surface area contributed by atoms with Crippen molar-refractivity contribution in [3.8, 4) is 11.5 Å². The molecule has 1 fully saturated rings. The van der Waals surface area contributed by atoms with Gasteiger partial charge in [0.2, 0.25) is 11.8 Å². The van der Waals surface area contributed by atoms with Crippen LogP contribution in [-0.4, -0.2) is 68.2 Å². The summed E-state index contributed by atoms with van der Waals surface area (Å²) in [7, 11) is 0. The Morgan fingerprint density at radius 3 is 2.37 bits per heavy atom. The highest BCUT2D eigenvalue weighted by Crippen LogP contribution is 2.17. The van der Waals surface area contributed by atoms with Crippen LogP contribution in [0.2, 0.25) is 0 Å². The molecule has 3 rings (SSSR count). The zero-order valence-corrected chi connectivity index (χ0v) is 20.0. The molecule has 0 aromatic heterocycles. The lowest BCUT2D eigenvalue weighted by Crippen LogP contribution is -2.58. The number of amides is 2. The molecule has 2 N–H and O–H groups in total. The van der Waals surface area contributed by atoms with Crippen LogP contribution >= 0.6 is 0 Å². The first-order chi connectivity index (χ1) is 17.1. The molecule has 0 bridgehead atoms. The Bertz CT molecular complexity index is 951. The van der Waals surface area contributed by atoms with E-state index < -0.39 is 12.0 Å². The van der Waals surface area contributed by atoms with Gasteiger partial charge in [0.1, 0.15) is 30.8 Å². The van der Waals surface area contributed by atoms with Crippen LogP contribution in [0.3, 0.4) is 0 Å². The molecule has 9 heteroatoms. The summed E-state index contributed by atoms with van der Waals surface area (Å²) in [6.07, 6.45) is 1.52. The van der Waals surface area contributed by atoms with E-state index in [1.807, 2.05) is 49.4 Å². The van der Waals surface area contributed by atoms with Crippen molar-refractivity contribution in [2.24, 2.45) is 0 Å². The van der Waals surface area contributed by atoms with Gasteiger partial charge in [0.25, 0.3) is 0 Å². The number of carbonyl (C=O) groups is 3. The average molecular weight is 484 g/mol. The normalized spacial score (nSPS) is 15.2. The highest BCUT2D eigenvalue weighted by molar-refractivity contribution is 5.93. The number of anilines is 1. The highest BCUT2D eigenvalue weighted by atomic mass is 16.5. The number of ether oxygens (including phenoxy) is 3. The summed E-state index contributed by atoms with van der Waals surface area (Å²) < 4.78 is 16.5. The van der Waals surface area contributed by atoms with Crippen LogP contribution in [0, 0.1) is 0 Å². The van der Waals surface area contributed by atoms with E-state index in [4.69, 9.17) is 14.2 Å². The fourth-order valence-electron chi connectivity index (χ4n) is 3.55. The van der Waals surface area contributed by atoms with Crippen LogP contribution in [0.25, 0.3) is 0 Å². The van der Waals surface area contributed by atoms with Crippen molar-refractivity contribution < 1.29 is 28.6 Å². The quantitative estimate of drug-likeness (QED) is 0.333. The van der Waals surface area contributed by atoms with Crippen LogP contribution in [0.5, 0.6) is 11.5 Å². The van der Waals surface area contributed by atoms with Crippen LogP contribution in [-0.2, 0) is 19.1 Å². The molecular formula is C26H33N3O6. The smallest absolute Gasteiger partial charge is 0.308 e. The Balaban J connectivity index is 1.43. The third-order valence-corrected chi connectivity index (χ3v) is 5.43. The minimum Gasteiger partial charge on any atom is -0.490 e. The maximum atomic E-state index is 12.8. The van der Waals surface area contributed by atoms with Crippen LogP contribution in [0.4, 0.5) is 5.69 Å². The molecule has 188 valence electrons. The standard InChI is InChI=1S/C26H33N3O6/c1-2-3-15-35-25(31)18-23-26(32)27-13-14-29(23)24(30)19-28-20-9-11-22(12-10-20)34-17-16-33-21-7-5-4-6-8-21/h4-12,23,28H,2-3,13-19H2,1H3,(H,27,32).